The average molecular weight is 1250 g/mol. The summed E-state index contributed by atoms with van der Waals surface area (Å²) >= 11 is 0. The third kappa shape index (κ3) is 71.5. The zero-order valence-electron chi connectivity index (χ0n) is 57.7. The lowest BCUT2D eigenvalue weighted by Crippen LogP contribution is -2.37. The summed E-state index contributed by atoms with van der Waals surface area (Å²) < 4.78 is 34.7. The number of carbonyl (C=O) groups excluding carboxylic acids is 2. The molecule has 0 saturated carbocycles. The number of unbranched alkanes of at least 4 members (excludes halogenated alkanes) is 32. The maximum absolute atomic E-state index is 12.9. The molecule has 88 heavy (non-hydrogen) atoms. The van der Waals surface area contributed by atoms with E-state index < -0.39 is 26.5 Å². The molecule has 0 aromatic carbocycles. The van der Waals surface area contributed by atoms with Crippen molar-refractivity contribution < 1.29 is 42.1 Å². The van der Waals surface area contributed by atoms with Gasteiger partial charge < -0.3 is 18.9 Å². The fourth-order valence-corrected chi connectivity index (χ4v) is 10.7. The summed E-state index contributed by atoms with van der Waals surface area (Å²) in [5.41, 5.74) is 0. The molecule has 0 aliphatic carbocycles. The zero-order valence-corrected chi connectivity index (χ0v) is 58.6. The van der Waals surface area contributed by atoms with E-state index in [2.05, 4.69) is 135 Å². The van der Waals surface area contributed by atoms with E-state index in [0.29, 0.717) is 17.4 Å². The summed E-state index contributed by atoms with van der Waals surface area (Å²) in [5, 5.41) is 0. The Bertz CT molecular complexity index is 1900. The number of likely N-dealkylation sites (N-methyl/N-ethyl adjacent to an activating group) is 1. The van der Waals surface area contributed by atoms with Crippen LogP contribution in [-0.4, -0.2) is 74.9 Å². The smallest absolute Gasteiger partial charge is 0.462 e. The minimum atomic E-state index is -4.40. The van der Waals surface area contributed by atoms with Crippen LogP contribution in [0.4, 0.5) is 0 Å². The van der Waals surface area contributed by atoms with Gasteiger partial charge in [0.15, 0.2) is 6.10 Å². The number of phosphoric acid groups is 1. The zero-order chi connectivity index (χ0) is 64.1. The summed E-state index contributed by atoms with van der Waals surface area (Å²) in [5.74, 6) is -0.811. The Kier molecular flexibility index (Phi) is 65.0. The number of allylic oxidation sites excluding steroid dienone is 20. The predicted octanol–water partition coefficient (Wildman–Crippen LogP) is 23.8. The molecule has 2 atom stereocenters. The Hall–Kier alpha value is -3.59. The Morgan fingerprint density at radius 3 is 0.966 bits per heavy atom. The summed E-state index contributed by atoms with van der Waals surface area (Å²) in [7, 11) is 1.46. The molecule has 0 saturated heterocycles. The number of nitrogens with zero attached hydrogens (tertiary/aromatic N) is 1. The molecular formula is C78H137NO8P+. The minimum absolute atomic E-state index is 0.0238. The standard InChI is InChI=1S/C78H136NO8P/c1-6-8-10-12-14-16-18-20-22-24-26-28-30-32-34-36-38-39-41-42-44-46-48-50-52-54-56-58-60-62-64-66-68-70-77(80)84-74-76(75-86-88(82,83)85-73-72-79(3,4)5)87-78(81)71-69-67-65-63-61-59-57-55-53-51-49-47-45-43-40-37-35-33-31-29-27-25-23-21-19-17-15-13-11-9-7-2/h9,11,15,17-18,20-21,23-24,26-27,29,33,35,40,43,47,49,53,55,76H,6-8,10,12-14,16,19,22,25,28,30-32,34,36-39,41-42,44-46,48,50-52,54,56-75H2,1-5H3/p+1/b11-9-,17-15-,20-18-,23-21-,26-24-,29-27-,35-33-,43-40-,49-47-,55-53-. The second kappa shape index (κ2) is 67.8. The average Bonchev–Trinajstić information content (AvgIpc) is 3.68. The molecule has 0 aromatic heterocycles. The van der Waals surface area contributed by atoms with Crippen LogP contribution in [0.5, 0.6) is 0 Å². The Labute approximate surface area is 543 Å². The van der Waals surface area contributed by atoms with Crippen molar-refractivity contribution in [2.24, 2.45) is 0 Å². The number of hydrogen-bond acceptors (Lipinski definition) is 7. The summed E-state index contributed by atoms with van der Waals surface area (Å²) in [6.07, 6.45) is 97.4. The highest BCUT2D eigenvalue weighted by Crippen LogP contribution is 2.43. The van der Waals surface area contributed by atoms with Crippen molar-refractivity contribution >= 4 is 19.8 Å². The van der Waals surface area contributed by atoms with Crippen molar-refractivity contribution in [2.75, 3.05) is 47.5 Å². The molecule has 1 N–H and O–H groups in total. The van der Waals surface area contributed by atoms with Crippen molar-refractivity contribution in [3.63, 3.8) is 0 Å². The van der Waals surface area contributed by atoms with Gasteiger partial charge in [-0.15, -0.1) is 0 Å². The van der Waals surface area contributed by atoms with Crippen LogP contribution in [0.25, 0.3) is 0 Å². The van der Waals surface area contributed by atoms with Crippen molar-refractivity contribution in [3.8, 4) is 0 Å². The normalized spacial score (nSPS) is 13.8. The van der Waals surface area contributed by atoms with E-state index in [-0.39, 0.29) is 32.0 Å². The van der Waals surface area contributed by atoms with Crippen LogP contribution in [0.2, 0.25) is 0 Å². The van der Waals surface area contributed by atoms with Crippen LogP contribution in [0, 0.1) is 0 Å². The van der Waals surface area contributed by atoms with Gasteiger partial charge in [0.1, 0.15) is 19.8 Å². The summed E-state index contributed by atoms with van der Waals surface area (Å²) in [6.45, 7) is 4.31. The van der Waals surface area contributed by atoms with Gasteiger partial charge in [0, 0.05) is 12.8 Å². The first-order valence-electron chi connectivity index (χ1n) is 36.3. The number of hydrogen-bond donors (Lipinski definition) is 1. The van der Waals surface area contributed by atoms with E-state index >= 15 is 0 Å². The molecule has 9 nitrogen and oxygen atoms in total. The monoisotopic (exact) mass is 1250 g/mol. The van der Waals surface area contributed by atoms with Crippen LogP contribution in [-0.2, 0) is 32.7 Å². The maximum Gasteiger partial charge on any atom is 0.472 e. The molecule has 0 rings (SSSR count). The summed E-state index contributed by atoms with van der Waals surface area (Å²) in [6, 6.07) is 0. The number of esters is 2. The van der Waals surface area contributed by atoms with Gasteiger partial charge in [-0.05, 0) is 109 Å². The van der Waals surface area contributed by atoms with Crippen LogP contribution < -0.4 is 0 Å². The van der Waals surface area contributed by atoms with Crippen molar-refractivity contribution in [3.05, 3.63) is 122 Å². The van der Waals surface area contributed by atoms with Gasteiger partial charge in [0.25, 0.3) is 0 Å². The van der Waals surface area contributed by atoms with Crippen LogP contribution in [0.3, 0.4) is 0 Å². The molecule has 0 bridgehead atoms. The molecule has 0 fully saturated rings. The van der Waals surface area contributed by atoms with Crippen LogP contribution >= 0.6 is 7.82 Å². The lowest BCUT2D eigenvalue weighted by atomic mass is 10.0. The van der Waals surface area contributed by atoms with Crippen molar-refractivity contribution in [1.82, 2.24) is 0 Å². The van der Waals surface area contributed by atoms with Gasteiger partial charge in [0.2, 0.25) is 0 Å². The Morgan fingerprint density at radius 1 is 0.364 bits per heavy atom. The first kappa shape index (κ1) is 84.4. The number of phosphoric ester groups is 1. The number of rotatable bonds is 66. The minimum Gasteiger partial charge on any atom is -0.462 e. The Balaban J connectivity index is 4.08. The van der Waals surface area contributed by atoms with Gasteiger partial charge >= 0.3 is 19.8 Å². The molecule has 506 valence electrons. The molecule has 0 aliphatic heterocycles. The van der Waals surface area contributed by atoms with Gasteiger partial charge in [0.05, 0.1) is 27.7 Å². The summed E-state index contributed by atoms with van der Waals surface area (Å²) in [4.78, 5) is 35.9. The number of ether oxygens (including phenoxy) is 2. The van der Waals surface area contributed by atoms with Gasteiger partial charge in [-0.1, -0.05) is 309 Å². The first-order chi connectivity index (χ1) is 43.0. The molecule has 0 heterocycles. The molecule has 0 aliphatic rings. The molecule has 0 amide bonds. The predicted molar refractivity (Wildman–Crippen MR) is 381 cm³/mol. The fourth-order valence-electron chi connectivity index (χ4n) is 9.95. The van der Waals surface area contributed by atoms with E-state index in [4.69, 9.17) is 18.5 Å². The third-order valence-electron chi connectivity index (χ3n) is 15.5. The van der Waals surface area contributed by atoms with Gasteiger partial charge in [-0.2, -0.15) is 0 Å². The largest absolute Gasteiger partial charge is 0.472 e. The van der Waals surface area contributed by atoms with Crippen molar-refractivity contribution in [1.29, 1.82) is 0 Å². The lowest BCUT2D eigenvalue weighted by Gasteiger charge is -2.24. The fraction of sp³-hybridized carbons (Fsp3) is 0.718. The van der Waals surface area contributed by atoms with Crippen LogP contribution in [0.1, 0.15) is 309 Å². The molecule has 10 heteroatoms. The lowest BCUT2D eigenvalue weighted by molar-refractivity contribution is -0.870. The van der Waals surface area contributed by atoms with E-state index in [1.807, 2.05) is 21.1 Å². The third-order valence-corrected chi connectivity index (χ3v) is 16.5. The number of quaternary nitrogens is 1. The van der Waals surface area contributed by atoms with Crippen LogP contribution in [0.15, 0.2) is 122 Å². The van der Waals surface area contributed by atoms with E-state index in [0.717, 1.165) is 116 Å². The van der Waals surface area contributed by atoms with Crippen molar-refractivity contribution in [2.45, 2.75) is 315 Å². The maximum atomic E-state index is 12.9. The van der Waals surface area contributed by atoms with E-state index in [1.54, 1.807) is 0 Å². The van der Waals surface area contributed by atoms with E-state index in [1.165, 1.54) is 161 Å². The quantitative estimate of drug-likeness (QED) is 0.0211. The molecular weight excluding hydrogens is 1110 g/mol. The Morgan fingerprint density at radius 2 is 0.648 bits per heavy atom. The first-order valence-corrected chi connectivity index (χ1v) is 37.8. The molecule has 0 aromatic rings. The van der Waals surface area contributed by atoms with Gasteiger partial charge in [-0.3, -0.25) is 18.6 Å². The topological polar surface area (TPSA) is 108 Å². The highest BCUT2D eigenvalue weighted by molar-refractivity contribution is 7.47. The highest BCUT2D eigenvalue weighted by atomic mass is 31.2. The molecule has 0 radical (unpaired) electrons. The molecule has 0 spiro atoms. The highest BCUT2D eigenvalue weighted by Gasteiger charge is 2.27. The van der Waals surface area contributed by atoms with Gasteiger partial charge in [-0.25, -0.2) is 4.57 Å². The SMILES string of the molecule is CC/C=C\C/C=C\C/C=C\C/C=C\C/C=C\C/C=C\C/C=C\C/C=C\CCCCCCCCC(=O)OC(COC(=O)CCCCCCCCCCCCCCCCCCCCCCC/C=C\C/C=C\CCCCCCC)COP(=O)(O)OCC[N+](C)(C)C. The number of carbonyl (C=O) groups is 2. The molecule has 2 unspecified atom stereocenters. The van der Waals surface area contributed by atoms with E-state index in [9.17, 15) is 19.0 Å². The second-order valence-electron chi connectivity index (χ2n) is 25.2. The second-order valence-corrected chi connectivity index (χ2v) is 26.7.